The van der Waals surface area contributed by atoms with Crippen LogP contribution in [0.25, 0.3) is 11.6 Å². The first-order valence-corrected chi connectivity index (χ1v) is 10.3. The lowest BCUT2D eigenvalue weighted by Crippen LogP contribution is -2.25. The van der Waals surface area contributed by atoms with Gasteiger partial charge in [-0.25, -0.2) is 4.39 Å². The van der Waals surface area contributed by atoms with E-state index in [4.69, 9.17) is 10.00 Å². The first-order chi connectivity index (χ1) is 15.7. The molecule has 4 nitrogen and oxygen atoms in total. The molecule has 3 aromatic carbocycles. The number of anilines is 1. The summed E-state index contributed by atoms with van der Waals surface area (Å²) in [6.45, 7) is -0.0765. The number of allylic oxidation sites excluding steroid dienone is 2. The van der Waals surface area contributed by atoms with Crippen LogP contribution in [0.15, 0.2) is 84.9 Å². The van der Waals surface area contributed by atoms with Crippen molar-refractivity contribution in [1.82, 2.24) is 0 Å². The SMILES string of the molecule is N#Cc1ccc(/C=C/C=C2\C(=O)N(Cc3ccc(OCCF)cc3)c3ccccc32)cc1. The number of nitrogens with zero attached hydrogens (tertiary/aromatic N) is 2. The van der Waals surface area contributed by atoms with E-state index in [-0.39, 0.29) is 12.5 Å². The van der Waals surface area contributed by atoms with Crippen LogP contribution in [0.3, 0.4) is 0 Å². The fraction of sp³-hybridized carbons (Fsp3) is 0.111. The van der Waals surface area contributed by atoms with E-state index in [2.05, 4.69) is 6.07 Å². The summed E-state index contributed by atoms with van der Waals surface area (Å²) in [5.41, 5.74) is 4.91. The molecule has 0 atom stereocenters. The van der Waals surface area contributed by atoms with Crippen LogP contribution < -0.4 is 9.64 Å². The van der Waals surface area contributed by atoms with Crippen molar-refractivity contribution < 1.29 is 13.9 Å². The molecule has 0 bridgehead atoms. The predicted molar refractivity (Wildman–Crippen MR) is 124 cm³/mol. The number of benzene rings is 3. The highest BCUT2D eigenvalue weighted by Crippen LogP contribution is 2.37. The van der Waals surface area contributed by atoms with Crippen LogP contribution in [0.2, 0.25) is 0 Å². The van der Waals surface area contributed by atoms with Crippen LogP contribution in [0, 0.1) is 11.3 Å². The highest BCUT2D eigenvalue weighted by Gasteiger charge is 2.31. The van der Waals surface area contributed by atoms with E-state index >= 15 is 0 Å². The minimum atomic E-state index is -0.532. The minimum absolute atomic E-state index is 0.0292. The zero-order valence-corrected chi connectivity index (χ0v) is 17.4. The Labute approximate surface area is 186 Å². The molecular weight excluding hydrogens is 403 g/mol. The summed E-state index contributed by atoms with van der Waals surface area (Å²) >= 11 is 0. The molecular formula is C27H21FN2O2. The zero-order valence-electron chi connectivity index (χ0n) is 17.4. The lowest BCUT2D eigenvalue weighted by atomic mass is 10.1. The van der Waals surface area contributed by atoms with Crippen molar-refractivity contribution in [3.05, 3.63) is 107 Å². The molecule has 0 aromatic heterocycles. The van der Waals surface area contributed by atoms with Gasteiger partial charge >= 0.3 is 0 Å². The standard InChI is InChI=1S/C27H21FN2O2/c28-16-17-32-23-14-12-22(13-15-23)19-30-26-7-2-1-5-24(26)25(27(30)31)6-3-4-20-8-10-21(18-29)11-9-20/h1-15H,16-17,19H2/b4-3+,25-6-. The first-order valence-electron chi connectivity index (χ1n) is 10.3. The third-order valence-corrected chi connectivity index (χ3v) is 5.16. The number of hydrogen-bond donors (Lipinski definition) is 0. The molecule has 3 aromatic rings. The Morgan fingerprint density at radius 2 is 1.75 bits per heavy atom. The van der Waals surface area contributed by atoms with Crippen molar-refractivity contribution in [1.29, 1.82) is 5.26 Å². The molecule has 0 unspecified atom stereocenters. The van der Waals surface area contributed by atoms with E-state index in [1.165, 1.54) is 0 Å². The van der Waals surface area contributed by atoms with E-state index in [0.29, 0.717) is 23.4 Å². The first kappa shape index (κ1) is 21.1. The number of carbonyl (C=O) groups excluding carboxylic acids is 1. The van der Waals surface area contributed by atoms with E-state index in [0.717, 1.165) is 22.4 Å². The van der Waals surface area contributed by atoms with Crippen LogP contribution in [-0.2, 0) is 11.3 Å². The average molecular weight is 424 g/mol. The highest BCUT2D eigenvalue weighted by atomic mass is 19.1. The zero-order chi connectivity index (χ0) is 22.3. The van der Waals surface area contributed by atoms with Gasteiger partial charge in [-0.2, -0.15) is 5.26 Å². The van der Waals surface area contributed by atoms with Crippen LogP contribution >= 0.6 is 0 Å². The van der Waals surface area contributed by atoms with Crippen LogP contribution in [0.4, 0.5) is 10.1 Å². The lowest BCUT2D eigenvalue weighted by Gasteiger charge is -2.17. The molecule has 0 saturated carbocycles. The van der Waals surface area contributed by atoms with E-state index in [9.17, 15) is 9.18 Å². The second-order valence-electron chi connectivity index (χ2n) is 7.26. The molecule has 32 heavy (non-hydrogen) atoms. The van der Waals surface area contributed by atoms with Crippen molar-refractivity contribution in [3.63, 3.8) is 0 Å². The van der Waals surface area contributed by atoms with Gasteiger partial charge < -0.3 is 9.64 Å². The monoisotopic (exact) mass is 424 g/mol. The number of hydrogen-bond acceptors (Lipinski definition) is 3. The number of halogens is 1. The third-order valence-electron chi connectivity index (χ3n) is 5.16. The number of carbonyl (C=O) groups is 1. The Morgan fingerprint density at radius 3 is 2.47 bits per heavy atom. The molecule has 1 aliphatic rings. The normalized spacial score (nSPS) is 14.1. The largest absolute Gasteiger partial charge is 0.491 e. The Hall–Kier alpha value is -4.17. The van der Waals surface area contributed by atoms with Gasteiger partial charge in [-0.05, 0) is 47.5 Å². The lowest BCUT2D eigenvalue weighted by molar-refractivity contribution is -0.113. The summed E-state index contributed by atoms with van der Waals surface area (Å²) in [4.78, 5) is 15.0. The van der Waals surface area contributed by atoms with Crippen molar-refractivity contribution >= 4 is 23.2 Å². The second-order valence-corrected chi connectivity index (χ2v) is 7.26. The van der Waals surface area contributed by atoms with Gasteiger partial charge in [-0.15, -0.1) is 0 Å². The number of alkyl halides is 1. The maximum atomic E-state index is 13.2. The number of para-hydroxylation sites is 1. The van der Waals surface area contributed by atoms with Gasteiger partial charge in [0.1, 0.15) is 19.0 Å². The number of rotatable bonds is 7. The van der Waals surface area contributed by atoms with E-state index in [1.807, 2.05) is 66.8 Å². The summed E-state index contributed by atoms with van der Waals surface area (Å²) in [5, 5.41) is 8.91. The smallest absolute Gasteiger partial charge is 0.259 e. The maximum Gasteiger partial charge on any atom is 0.259 e. The van der Waals surface area contributed by atoms with Gasteiger partial charge in [0.2, 0.25) is 0 Å². The number of ether oxygens (including phenoxy) is 1. The quantitative estimate of drug-likeness (QED) is 0.467. The number of fused-ring (bicyclic) bond motifs is 1. The molecule has 1 aliphatic heterocycles. The molecule has 1 amide bonds. The van der Waals surface area contributed by atoms with E-state index in [1.54, 1.807) is 29.2 Å². The summed E-state index contributed by atoms with van der Waals surface area (Å²) < 4.78 is 17.6. The van der Waals surface area contributed by atoms with E-state index < -0.39 is 6.67 Å². The molecule has 4 rings (SSSR count). The fourth-order valence-electron chi connectivity index (χ4n) is 3.58. The Kier molecular flexibility index (Phi) is 6.43. The minimum Gasteiger partial charge on any atom is -0.491 e. The van der Waals surface area contributed by atoms with Gasteiger partial charge in [0.05, 0.1) is 23.9 Å². The number of amides is 1. The van der Waals surface area contributed by atoms with Gasteiger partial charge in [0.25, 0.3) is 5.91 Å². The van der Waals surface area contributed by atoms with Crippen molar-refractivity contribution in [2.75, 3.05) is 18.2 Å². The molecule has 0 N–H and O–H groups in total. The molecule has 0 aliphatic carbocycles. The topological polar surface area (TPSA) is 53.3 Å². The van der Waals surface area contributed by atoms with Crippen molar-refractivity contribution in [3.8, 4) is 11.8 Å². The Balaban J connectivity index is 1.54. The van der Waals surface area contributed by atoms with Gasteiger partial charge in [0, 0.05) is 11.1 Å². The summed E-state index contributed by atoms with van der Waals surface area (Å²) in [6.07, 6.45) is 5.59. The van der Waals surface area contributed by atoms with Crippen molar-refractivity contribution in [2.45, 2.75) is 6.54 Å². The average Bonchev–Trinajstić information content (AvgIpc) is 3.10. The molecule has 0 radical (unpaired) electrons. The molecule has 0 spiro atoms. The van der Waals surface area contributed by atoms with Crippen molar-refractivity contribution in [2.24, 2.45) is 0 Å². The van der Waals surface area contributed by atoms with Crippen LogP contribution in [-0.4, -0.2) is 19.2 Å². The van der Waals surface area contributed by atoms with Gasteiger partial charge in [-0.3, -0.25) is 4.79 Å². The fourth-order valence-corrected chi connectivity index (χ4v) is 3.58. The van der Waals surface area contributed by atoms with Crippen LogP contribution in [0.1, 0.15) is 22.3 Å². The summed E-state index contributed by atoms with van der Waals surface area (Å²) in [6, 6.07) is 24.4. The maximum absolute atomic E-state index is 13.2. The molecule has 0 saturated heterocycles. The molecule has 5 heteroatoms. The third kappa shape index (κ3) is 4.60. The van der Waals surface area contributed by atoms with Crippen LogP contribution in [0.5, 0.6) is 5.75 Å². The predicted octanol–water partition coefficient (Wildman–Crippen LogP) is 5.55. The molecule has 0 fully saturated rings. The number of nitriles is 1. The second kappa shape index (κ2) is 9.76. The Morgan fingerprint density at radius 1 is 1.00 bits per heavy atom. The van der Waals surface area contributed by atoms with Gasteiger partial charge in [0.15, 0.2) is 0 Å². The highest BCUT2D eigenvalue weighted by molar-refractivity contribution is 6.32. The molecule has 1 heterocycles. The molecule has 158 valence electrons. The van der Waals surface area contributed by atoms with Gasteiger partial charge in [-0.1, -0.05) is 54.6 Å². The summed E-state index contributed by atoms with van der Waals surface area (Å²) in [5.74, 6) is 0.543. The Bertz CT molecular complexity index is 1210. The summed E-state index contributed by atoms with van der Waals surface area (Å²) in [7, 11) is 0.